The van der Waals surface area contributed by atoms with Crippen LogP contribution in [0.15, 0.2) is 10.5 Å². The molecule has 74 valence electrons. The lowest BCUT2D eigenvalue weighted by Gasteiger charge is -1.89. The van der Waals surface area contributed by atoms with Crippen molar-refractivity contribution in [1.29, 1.82) is 0 Å². The van der Waals surface area contributed by atoms with Gasteiger partial charge in [-0.25, -0.2) is 4.98 Å². The van der Waals surface area contributed by atoms with E-state index in [-0.39, 0.29) is 5.78 Å². The Morgan fingerprint density at radius 3 is 3.14 bits per heavy atom. The average molecular weight is 226 g/mol. The molecule has 0 saturated heterocycles. The van der Waals surface area contributed by atoms with Gasteiger partial charge in [0.2, 0.25) is 0 Å². The number of fused-ring (bicyclic) bond motifs is 1. The number of thioether (sulfide) groups is 1. The van der Waals surface area contributed by atoms with Gasteiger partial charge in [0.1, 0.15) is 11.4 Å². The minimum Gasteiger partial charge on any atom is -0.345 e. The van der Waals surface area contributed by atoms with Crippen molar-refractivity contribution in [2.75, 3.05) is 6.26 Å². The quantitative estimate of drug-likeness (QED) is 0.818. The standard InChI is InChI=1S/C9H10N2OS2/c1-5(12)3-6-4-10-8-7(6)14-9(11-8)13-2/h4,10H,3H2,1-2H3. The number of aromatic nitrogens is 2. The van der Waals surface area contributed by atoms with E-state index in [1.54, 1.807) is 30.0 Å². The minimum absolute atomic E-state index is 0.185. The summed E-state index contributed by atoms with van der Waals surface area (Å²) in [5, 5.41) is 0. The lowest BCUT2D eigenvalue weighted by Crippen LogP contribution is -1.93. The lowest BCUT2D eigenvalue weighted by molar-refractivity contribution is -0.116. The normalized spacial score (nSPS) is 11.0. The highest BCUT2D eigenvalue weighted by atomic mass is 32.2. The average Bonchev–Trinajstić information content (AvgIpc) is 2.66. The molecule has 0 aromatic carbocycles. The summed E-state index contributed by atoms with van der Waals surface area (Å²) in [5.41, 5.74) is 1.96. The monoisotopic (exact) mass is 226 g/mol. The van der Waals surface area contributed by atoms with Crippen LogP contribution >= 0.6 is 23.1 Å². The molecule has 14 heavy (non-hydrogen) atoms. The molecular formula is C9H10N2OS2. The molecule has 5 heteroatoms. The van der Waals surface area contributed by atoms with Crippen molar-refractivity contribution in [3.05, 3.63) is 11.8 Å². The Balaban J connectivity index is 2.44. The van der Waals surface area contributed by atoms with Crippen molar-refractivity contribution in [1.82, 2.24) is 9.97 Å². The third kappa shape index (κ3) is 1.69. The molecule has 2 aromatic rings. The molecule has 2 aromatic heterocycles. The molecule has 0 atom stereocenters. The molecule has 0 fully saturated rings. The number of aromatic amines is 1. The van der Waals surface area contributed by atoms with Gasteiger partial charge < -0.3 is 4.98 Å². The van der Waals surface area contributed by atoms with E-state index in [9.17, 15) is 4.79 Å². The van der Waals surface area contributed by atoms with Crippen molar-refractivity contribution in [3.63, 3.8) is 0 Å². The molecule has 0 saturated carbocycles. The highest BCUT2D eigenvalue weighted by Gasteiger charge is 2.10. The van der Waals surface area contributed by atoms with E-state index in [1.807, 2.05) is 12.5 Å². The van der Waals surface area contributed by atoms with Crippen LogP contribution in [0.3, 0.4) is 0 Å². The largest absolute Gasteiger partial charge is 0.345 e. The molecule has 0 unspecified atom stereocenters. The summed E-state index contributed by atoms with van der Waals surface area (Å²) in [5.74, 6) is 0.185. The van der Waals surface area contributed by atoms with Crippen LogP contribution in [0.5, 0.6) is 0 Å². The number of ketones is 1. The van der Waals surface area contributed by atoms with E-state index in [4.69, 9.17) is 0 Å². The van der Waals surface area contributed by atoms with Crippen LogP contribution in [0.1, 0.15) is 12.5 Å². The molecule has 0 aliphatic heterocycles. The third-order valence-electron chi connectivity index (χ3n) is 1.90. The molecule has 0 bridgehead atoms. The predicted molar refractivity (Wildman–Crippen MR) is 60.1 cm³/mol. The van der Waals surface area contributed by atoms with Crippen molar-refractivity contribution in [3.8, 4) is 0 Å². The summed E-state index contributed by atoms with van der Waals surface area (Å²) in [4.78, 5) is 18.5. The number of hydrogen-bond acceptors (Lipinski definition) is 4. The first-order valence-corrected chi connectivity index (χ1v) is 6.25. The summed E-state index contributed by atoms with van der Waals surface area (Å²) in [7, 11) is 0. The SMILES string of the molecule is CSc1nc2[nH]cc(CC(C)=O)c2s1. The molecule has 0 spiro atoms. The van der Waals surface area contributed by atoms with Gasteiger partial charge in [0.05, 0.1) is 4.70 Å². The van der Waals surface area contributed by atoms with E-state index in [2.05, 4.69) is 9.97 Å². The van der Waals surface area contributed by atoms with Crippen molar-refractivity contribution >= 4 is 39.2 Å². The van der Waals surface area contributed by atoms with Gasteiger partial charge in [0.25, 0.3) is 0 Å². The van der Waals surface area contributed by atoms with Gasteiger partial charge in [0.15, 0.2) is 4.34 Å². The second-order valence-corrected chi connectivity index (χ2v) is 5.11. The fourth-order valence-electron chi connectivity index (χ4n) is 1.32. The fraction of sp³-hybridized carbons (Fsp3) is 0.333. The van der Waals surface area contributed by atoms with Gasteiger partial charge in [-0.2, -0.15) is 0 Å². The number of carbonyl (C=O) groups excluding carboxylic acids is 1. The topological polar surface area (TPSA) is 45.8 Å². The number of hydrogen-bond donors (Lipinski definition) is 1. The fourth-order valence-corrected chi connectivity index (χ4v) is 2.86. The van der Waals surface area contributed by atoms with Gasteiger partial charge >= 0.3 is 0 Å². The van der Waals surface area contributed by atoms with Gasteiger partial charge in [-0.15, -0.1) is 11.3 Å². The van der Waals surface area contributed by atoms with E-state index < -0.39 is 0 Å². The highest BCUT2D eigenvalue weighted by molar-refractivity contribution is 8.00. The molecule has 2 heterocycles. The zero-order valence-electron chi connectivity index (χ0n) is 7.96. The summed E-state index contributed by atoms with van der Waals surface area (Å²) in [6.07, 6.45) is 4.37. The molecular weight excluding hydrogens is 216 g/mol. The number of carbonyl (C=O) groups is 1. The Hall–Kier alpha value is -0.810. The zero-order chi connectivity index (χ0) is 10.1. The smallest absolute Gasteiger partial charge is 0.152 e. The van der Waals surface area contributed by atoms with E-state index >= 15 is 0 Å². The molecule has 0 aliphatic carbocycles. The molecule has 0 amide bonds. The number of Topliss-reactive ketones (excluding diaryl/α,β-unsaturated/α-hetero) is 1. The summed E-state index contributed by atoms with van der Waals surface area (Å²) in [6, 6.07) is 0. The predicted octanol–water partition coefficient (Wildman–Crippen LogP) is 2.48. The van der Waals surface area contributed by atoms with E-state index in [0.29, 0.717) is 6.42 Å². The Bertz CT molecular complexity index is 472. The molecule has 0 aliphatic rings. The van der Waals surface area contributed by atoms with Crippen LogP contribution in [0, 0.1) is 0 Å². The number of H-pyrrole nitrogens is 1. The Kier molecular flexibility index (Phi) is 2.60. The maximum Gasteiger partial charge on any atom is 0.152 e. The lowest BCUT2D eigenvalue weighted by atomic mass is 10.2. The first-order valence-electron chi connectivity index (χ1n) is 4.21. The Morgan fingerprint density at radius 2 is 2.50 bits per heavy atom. The van der Waals surface area contributed by atoms with E-state index in [0.717, 1.165) is 20.3 Å². The third-order valence-corrected chi connectivity index (χ3v) is 4.01. The molecule has 2 rings (SSSR count). The summed E-state index contributed by atoms with van der Waals surface area (Å²) in [6.45, 7) is 1.61. The minimum atomic E-state index is 0.185. The summed E-state index contributed by atoms with van der Waals surface area (Å²) >= 11 is 3.27. The molecule has 1 N–H and O–H groups in total. The van der Waals surface area contributed by atoms with Gasteiger partial charge in [0, 0.05) is 12.6 Å². The highest BCUT2D eigenvalue weighted by Crippen LogP contribution is 2.30. The first kappa shape index (κ1) is 9.73. The zero-order valence-corrected chi connectivity index (χ0v) is 9.59. The van der Waals surface area contributed by atoms with Crippen molar-refractivity contribution in [2.24, 2.45) is 0 Å². The number of thiazole rings is 1. The Morgan fingerprint density at radius 1 is 1.71 bits per heavy atom. The second-order valence-electron chi connectivity index (χ2n) is 3.05. The molecule has 3 nitrogen and oxygen atoms in total. The van der Waals surface area contributed by atoms with Crippen LogP contribution in [0.2, 0.25) is 0 Å². The van der Waals surface area contributed by atoms with Gasteiger partial charge in [-0.3, -0.25) is 4.79 Å². The number of nitrogens with zero attached hydrogens (tertiary/aromatic N) is 1. The van der Waals surface area contributed by atoms with Crippen LogP contribution in [0.25, 0.3) is 10.3 Å². The van der Waals surface area contributed by atoms with Crippen LogP contribution < -0.4 is 0 Å². The summed E-state index contributed by atoms with van der Waals surface area (Å²) < 4.78 is 2.15. The number of nitrogens with one attached hydrogen (secondary N) is 1. The van der Waals surface area contributed by atoms with Crippen LogP contribution in [-0.2, 0) is 11.2 Å². The second kappa shape index (κ2) is 3.74. The van der Waals surface area contributed by atoms with Crippen LogP contribution in [-0.4, -0.2) is 22.0 Å². The van der Waals surface area contributed by atoms with Gasteiger partial charge in [-0.1, -0.05) is 11.8 Å². The van der Waals surface area contributed by atoms with Crippen molar-refractivity contribution < 1.29 is 4.79 Å². The van der Waals surface area contributed by atoms with E-state index in [1.165, 1.54) is 0 Å². The van der Waals surface area contributed by atoms with Crippen LogP contribution in [0.4, 0.5) is 0 Å². The number of rotatable bonds is 3. The van der Waals surface area contributed by atoms with Gasteiger partial charge in [-0.05, 0) is 18.7 Å². The Labute approximate surface area is 89.9 Å². The first-order chi connectivity index (χ1) is 6.70. The van der Waals surface area contributed by atoms with Crippen molar-refractivity contribution in [2.45, 2.75) is 17.7 Å². The maximum atomic E-state index is 11.0. The molecule has 0 radical (unpaired) electrons. The maximum absolute atomic E-state index is 11.0.